The molecule has 5 heteroatoms. The van der Waals surface area contributed by atoms with Crippen LogP contribution in [0.1, 0.15) is 17.3 Å². The molecule has 0 saturated carbocycles. The van der Waals surface area contributed by atoms with Gasteiger partial charge in [0.15, 0.2) is 0 Å². The van der Waals surface area contributed by atoms with Crippen molar-refractivity contribution in [3.8, 4) is 6.07 Å². The van der Waals surface area contributed by atoms with Gasteiger partial charge in [0.1, 0.15) is 5.15 Å². The maximum Gasteiger partial charge on any atom is 0.253 e. The summed E-state index contributed by atoms with van der Waals surface area (Å²) in [6.07, 6.45) is 1.46. The number of rotatable bonds is 3. The first kappa shape index (κ1) is 13.3. The van der Waals surface area contributed by atoms with Crippen molar-refractivity contribution >= 4 is 28.3 Å². The molecule has 96 valence electrons. The molecule has 2 aromatic rings. The smallest absolute Gasteiger partial charge is 0.253 e. The van der Waals surface area contributed by atoms with Crippen LogP contribution in [0.2, 0.25) is 5.15 Å². The van der Waals surface area contributed by atoms with E-state index in [0.717, 1.165) is 10.8 Å². The highest BCUT2D eigenvalue weighted by Crippen LogP contribution is 2.24. The van der Waals surface area contributed by atoms with E-state index in [0.29, 0.717) is 17.3 Å². The van der Waals surface area contributed by atoms with E-state index in [2.05, 4.69) is 16.4 Å². The molecule has 0 saturated heterocycles. The molecule has 0 aliphatic carbocycles. The normalized spacial score (nSPS) is 11.8. The van der Waals surface area contributed by atoms with E-state index in [1.54, 1.807) is 6.92 Å². The van der Waals surface area contributed by atoms with Crippen molar-refractivity contribution in [1.82, 2.24) is 10.3 Å². The first-order valence-corrected chi connectivity index (χ1v) is 6.22. The summed E-state index contributed by atoms with van der Waals surface area (Å²) in [6, 6.07) is 9.39. The topological polar surface area (TPSA) is 65.8 Å². The van der Waals surface area contributed by atoms with Crippen LogP contribution in [0.25, 0.3) is 10.8 Å². The highest BCUT2D eigenvalue weighted by atomic mass is 35.5. The van der Waals surface area contributed by atoms with Gasteiger partial charge >= 0.3 is 0 Å². The predicted molar refractivity (Wildman–Crippen MR) is 73.9 cm³/mol. The molecule has 4 nitrogen and oxygen atoms in total. The summed E-state index contributed by atoms with van der Waals surface area (Å²) in [5, 5.41) is 13.3. The van der Waals surface area contributed by atoms with Crippen LogP contribution in [-0.2, 0) is 0 Å². The molecule has 1 amide bonds. The lowest BCUT2D eigenvalue weighted by Gasteiger charge is -2.09. The quantitative estimate of drug-likeness (QED) is 0.875. The zero-order valence-electron chi connectivity index (χ0n) is 10.4. The van der Waals surface area contributed by atoms with Crippen molar-refractivity contribution in [1.29, 1.82) is 5.26 Å². The van der Waals surface area contributed by atoms with E-state index < -0.39 is 0 Å². The number of carbonyl (C=O) groups excluding carboxylic acids is 1. The number of carbonyl (C=O) groups is 1. The number of nitrogens with one attached hydrogen (secondary N) is 1. The van der Waals surface area contributed by atoms with E-state index in [9.17, 15) is 4.79 Å². The fraction of sp³-hybridized carbons (Fsp3) is 0.214. The van der Waals surface area contributed by atoms with E-state index in [1.807, 2.05) is 24.3 Å². The molecule has 0 aliphatic rings. The first-order chi connectivity index (χ1) is 9.13. The van der Waals surface area contributed by atoms with Gasteiger partial charge < -0.3 is 5.32 Å². The summed E-state index contributed by atoms with van der Waals surface area (Å²) < 4.78 is 0. The first-order valence-electron chi connectivity index (χ1n) is 5.84. The van der Waals surface area contributed by atoms with Gasteiger partial charge in [-0.2, -0.15) is 5.26 Å². The number of hydrogen-bond acceptors (Lipinski definition) is 3. The molecule has 0 fully saturated rings. The Labute approximate surface area is 116 Å². The summed E-state index contributed by atoms with van der Waals surface area (Å²) in [5.41, 5.74) is 0.463. The Morgan fingerprint density at radius 2 is 2.16 bits per heavy atom. The molecule has 1 N–H and O–H groups in total. The molecule has 1 heterocycles. The number of nitrogens with zero attached hydrogens (tertiary/aromatic N) is 2. The molecule has 0 bridgehead atoms. The largest absolute Gasteiger partial charge is 0.351 e. The van der Waals surface area contributed by atoms with Gasteiger partial charge in [0, 0.05) is 18.1 Å². The summed E-state index contributed by atoms with van der Waals surface area (Å²) in [6.45, 7) is 2.06. The summed E-state index contributed by atoms with van der Waals surface area (Å²) in [7, 11) is 0. The van der Waals surface area contributed by atoms with Gasteiger partial charge in [0.05, 0.1) is 17.6 Å². The molecule has 1 atom stereocenters. The van der Waals surface area contributed by atoms with Crippen molar-refractivity contribution in [2.45, 2.75) is 6.92 Å². The number of aromatic nitrogens is 1. The lowest BCUT2D eigenvalue weighted by molar-refractivity contribution is 0.0952. The van der Waals surface area contributed by atoms with Crippen LogP contribution in [0.3, 0.4) is 0 Å². The Balaban J connectivity index is 2.33. The van der Waals surface area contributed by atoms with E-state index in [-0.39, 0.29) is 11.8 Å². The van der Waals surface area contributed by atoms with Crippen molar-refractivity contribution in [3.05, 3.63) is 41.2 Å². The number of pyridine rings is 1. The third-order valence-corrected chi connectivity index (χ3v) is 3.08. The van der Waals surface area contributed by atoms with Crippen LogP contribution in [0.4, 0.5) is 0 Å². The second-order valence-corrected chi connectivity index (χ2v) is 4.61. The van der Waals surface area contributed by atoms with Gasteiger partial charge in [-0.25, -0.2) is 4.98 Å². The molecule has 0 spiro atoms. The van der Waals surface area contributed by atoms with E-state index >= 15 is 0 Å². The molecular formula is C14H12ClN3O. The monoisotopic (exact) mass is 273 g/mol. The molecular weight excluding hydrogens is 262 g/mol. The SMILES string of the molecule is CC(C#N)CNC(=O)c1cnc(Cl)c2ccccc12. The maximum absolute atomic E-state index is 12.1. The summed E-state index contributed by atoms with van der Waals surface area (Å²) in [4.78, 5) is 16.1. The van der Waals surface area contributed by atoms with Gasteiger partial charge in [-0.05, 0) is 12.3 Å². The van der Waals surface area contributed by atoms with E-state index in [4.69, 9.17) is 16.9 Å². The van der Waals surface area contributed by atoms with Crippen molar-refractivity contribution in [3.63, 3.8) is 0 Å². The minimum atomic E-state index is -0.248. The van der Waals surface area contributed by atoms with Crippen LogP contribution < -0.4 is 5.32 Å². The molecule has 0 aliphatic heterocycles. The Hall–Kier alpha value is -2.12. The molecule has 1 unspecified atom stereocenters. The molecule has 0 radical (unpaired) electrons. The highest BCUT2D eigenvalue weighted by molar-refractivity contribution is 6.34. The Kier molecular flexibility index (Phi) is 3.98. The van der Waals surface area contributed by atoms with Crippen LogP contribution in [0.15, 0.2) is 30.5 Å². The lowest BCUT2D eigenvalue weighted by atomic mass is 10.1. The van der Waals surface area contributed by atoms with Crippen LogP contribution in [0, 0.1) is 17.2 Å². The summed E-state index contributed by atoms with van der Waals surface area (Å²) in [5.74, 6) is -0.474. The third kappa shape index (κ3) is 2.83. The van der Waals surface area contributed by atoms with Crippen molar-refractivity contribution in [2.24, 2.45) is 5.92 Å². The number of benzene rings is 1. The minimum absolute atomic E-state index is 0.226. The molecule has 19 heavy (non-hydrogen) atoms. The number of halogens is 1. The van der Waals surface area contributed by atoms with Gasteiger partial charge in [-0.1, -0.05) is 35.9 Å². The van der Waals surface area contributed by atoms with Gasteiger partial charge in [-0.15, -0.1) is 0 Å². The van der Waals surface area contributed by atoms with Crippen molar-refractivity contribution < 1.29 is 4.79 Å². The zero-order chi connectivity index (χ0) is 13.8. The average molecular weight is 274 g/mol. The zero-order valence-corrected chi connectivity index (χ0v) is 11.1. The molecule has 2 rings (SSSR count). The third-order valence-electron chi connectivity index (χ3n) is 2.78. The Morgan fingerprint density at radius 3 is 2.84 bits per heavy atom. The number of fused-ring (bicyclic) bond motifs is 1. The maximum atomic E-state index is 12.1. The number of amides is 1. The average Bonchev–Trinajstić information content (AvgIpc) is 2.45. The summed E-state index contributed by atoms with van der Waals surface area (Å²) >= 11 is 6.00. The van der Waals surface area contributed by atoms with E-state index in [1.165, 1.54) is 6.20 Å². The van der Waals surface area contributed by atoms with Gasteiger partial charge in [0.25, 0.3) is 5.91 Å². The fourth-order valence-electron chi connectivity index (χ4n) is 1.73. The second kappa shape index (κ2) is 5.68. The Morgan fingerprint density at radius 1 is 1.47 bits per heavy atom. The van der Waals surface area contributed by atoms with Crippen LogP contribution >= 0.6 is 11.6 Å². The predicted octanol–water partition coefficient (Wildman–Crippen LogP) is 2.78. The standard InChI is InChI=1S/C14H12ClN3O/c1-9(6-16)7-18-14(19)12-8-17-13(15)11-5-3-2-4-10(11)12/h2-5,8-9H,7H2,1H3,(H,18,19). The Bertz CT molecular complexity index is 663. The van der Waals surface area contributed by atoms with Crippen LogP contribution in [0.5, 0.6) is 0 Å². The molecule has 1 aromatic heterocycles. The number of nitriles is 1. The minimum Gasteiger partial charge on any atom is -0.351 e. The van der Waals surface area contributed by atoms with Gasteiger partial charge in [-0.3, -0.25) is 4.79 Å². The number of hydrogen-bond donors (Lipinski definition) is 1. The van der Waals surface area contributed by atoms with Crippen molar-refractivity contribution in [2.75, 3.05) is 6.54 Å². The van der Waals surface area contributed by atoms with Gasteiger partial charge in [0.2, 0.25) is 0 Å². The molecule has 1 aromatic carbocycles. The lowest BCUT2D eigenvalue weighted by Crippen LogP contribution is -2.28. The second-order valence-electron chi connectivity index (χ2n) is 4.25. The highest BCUT2D eigenvalue weighted by Gasteiger charge is 2.13. The van der Waals surface area contributed by atoms with Crippen LogP contribution in [-0.4, -0.2) is 17.4 Å². The fourth-order valence-corrected chi connectivity index (χ4v) is 1.94.